The number of thiophene rings is 1. The second-order valence-corrected chi connectivity index (χ2v) is 9.96. The lowest BCUT2D eigenvalue weighted by Crippen LogP contribution is -2.30. The lowest BCUT2D eigenvalue weighted by molar-refractivity contribution is -0.116. The van der Waals surface area contributed by atoms with Gasteiger partial charge in [-0.2, -0.15) is 0 Å². The molecule has 2 heterocycles. The van der Waals surface area contributed by atoms with Crippen LogP contribution in [0.25, 0.3) is 21.6 Å². The maximum atomic E-state index is 13.8. The monoisotopic (exact) mass is 457 g/mol. The predicted molar refractivity (Wildman–Crippen MR) is 135 cm³/mol. The van der Waals surface area contributed by atoms with E-state index in [9.17, 15) is 9.59 Å². The van der Waals surface area contributed by atoms with Crippen molar-refractivity contribution in [3.05, 3.63) is 81.0 Å². The summed E-state index contributed by atoms with van der Waals surface area (Å²) in [5, 5.41) is 3.73. The van der Waals surface area contributed by atoms with Gasteiger partial charge in [0.25, 0.3) is 5.56 Å². The van der Waals surface area contributed by atoms with Crippen molar-refractivity contribution in [2.24, 2.45) is 0 Å². The molecular formula is C27H27N3O2S. The molecule has 0 fully saturated rings. The minimum absolute atomic E-state index is 0.0803. The Morgan fingerprint density at radius 3 is 2.58 bits per heavy atom. The summed E-state index contributed by atoms with van der Waals surface area (Å²) >= 11 is 1.63. The molecule has 0 saturated heterocycles. The standard InChI is InChI=1S/C27H27N3O2S/c1-17(2)19-12-6-8-14-21(19)28-23(31)16-30-25(18-10-4-3-5-11-18)29-26-24(27(30)32)20-13-7-9-15-22(20)33-26/h3-6,8,10-12,14,17H,7,9,13,15-16H2,1-2H3,(H,28,31). The Morgan fingerprint density at radius 1 is 1.06 bits per heavy atom. The molecule has 0 spiro atoms. The molecule has 5 rings (SSSR count). The van der Waals surface area contributed by atoms with Crippen molar-refractivity contribution in [1.29, 1.82) is 0 Å². The van der Waals surface area contributed by atoms with Gasteiger partial charge in [-0.25, -0.2) is 4.98 Å². The molecule has 0 bridgehead atoms. The van der Waals surface area contributed by atoms with Gasteiger partial charge in [-0.3, -0.25) is 14.2 Å². The van der Waals surface area contributed by atoms with E-state index in [-0.39, 0.29) is 23.9 Å². The summed E-state index contributed by atoms with van der Waals surface area (Å²) in [4.78, 5) is 33.9. The number of hydrogen-bond acceptors (Lipinski definition) is 4. The minimum atomic E-state index is -0.229. The molecule has 1 aliphatic rings. The number of amides is 1. The smallest absolute Gasteiger partial charge is 0.263 e. The number of aryl methyl sites for hydroxylation is 2. The van der Waals surface area contributed by atoms with E-state index in [1.54, 1.807) is 15.9 Å². The molecule has 0 unspecified atom stereocenters. The van der Waals surface area contributed by atoms with Crippen LogP contribution in [0.3, 0.4) is 0 Å². The number of fused-ring (bicyclic) bond motifs is 3. The van der Waals surface area contributed by atoms with E-state index >= 15 is 0 Å². The van der Waals surface area contributed by atoms with Crippen LogP contribution in [0.5, 0.6) is 0 Å². The van der Waals surface area contributed by atoms with E-state index in [1.165, 1.54) is 4.88 Å². The normalized spacial score (nSPS) is 13.3. The maximum Gasteiger partial charge on any atom is 0.263 e. The number of benzene rings is 2. The molecule has 1 N–H and O–H groups in total. The van der Waals surface area contributed by atoms with Gasteiger partial charge in [-0.15, -0.1) is 11.3 Å². The Kier molecular flexibility index (Phi) is 5.85. The molecule has 168 valence electrons. The summed E-state index contributed by atoms with van der Waals surface area (Å²) in [5.41, 5.74) is 3.71. The highest BCUT2D eigenvalue weighted by Gasteiger charge is 2.23. The van der Waals surface area contributed by atoms with E-state index in [2.05, 4.69) is 19.2 Å². The first-order valence-electron chi connectivity index (χ1n) is 11.5. The minimum Gasteiger partial charge on any atom is -0.324 e. The molecule has 6 heteroatoms. The summed E-state index contributed by atoms with van der Waals surface area (Å²) < 4.78 is 1.55. The second kappa shape index (κ2) is 8.94. The number of rotatable bonds is 5. The molecule has 0 radical (unpaired) electrons. The molecular weight excluding hydrogens is 430 g/mol. The Balaban J connectivity index is 1.60. The van der Waals surface area contributed by atoms with Crippen LogP contribution in [-0.4, -0.2) is 15.5 Å². The van der Waals surface area contributed by atoms with Gasteiger partial charge in [-0.05, 0) is 48.8 Å². The van der Waals surface area contributed by atoms with E-state index in [1.807, 2.05) is 54.6 Å². The van der Waals surface area contributed by atoms with Gasteiger partial charge in [0, 0.05) is 16.1 Å². The predicted octanol–water partition coefficient (Wildman–Crippen LogP) is 5.77. The lowest BCUT2D eigenvalue weighted by atomic mass is 9.97. The zero-order chi connectivity index (χ0) is 22.9. The van der Waals surface area contributed by atoms with Crippen molar-refractivity contribution in [2.45, 2.75) is 52.0 Å². The van der Waals surface area contributed by atoms with Crippen LogP contribution in [-0.2, 0) is 24.2 Å². The van der Waals surface area contributed by atoms with Gasteiger partial charge < -0.3 is 5.32 Å². The molecule has 5 nitrogen and oxygen atoms in total. The molecule has 0 saturated carbocycles. The topological polar surface area (TPSA) is 64.0 Å². The van der Waals surface area contributed by atoms with Crippen molar-refractivity contribution in [2.75, 3.05) is 5.32 Å². The summed E-state index contributed by atoms with van der Waals surface area (Å²) in [6.07, 6.45) is 4.15. The Hall–Kier alpha value is -3.25. The number of aromatic nitrogens is 2. The molecule has 0 atom stereocenters. The first-order valence-corrected chi connectivity index (χ1v) is 12.3. The van der Waals surface area contributed by atoms with E-state index in [4.69, 9.17) is 4.98 Å². The van der Waals surface area contributed by atoms with Crippen LogP contribution in [0.1, 0.15) is 48.6 Å². The number of carbonyl (C=O) groups is 1. The Labute approximate surface area is 197 Å². The van der Waals surface area contributed by atoms with Gasteiger partial charge in [0.05, 0.1) is 5.39 Å². The van der Waals surface area contributed by atoms with Gasteiger partial charge >= 0.3 is 0 Å². The highest BCUT2D eigenvalue weighted by Crippen LogP contribution is 2.35. The van der Waals surface area contributed by atoms with Crippen LogP contribution < -0.4 is 10.9 Å². The maximum absolute atomic E-state index is 13.8. The summed E-state index contributed by atoms with van der Waals surface area (Å²) in [7, 11) is 0. The number of para-hydroxylation sites is 1. The summed E-state index contributed by atoms with van der Waals surface area (Å²) in [6, 6.07) is 17.5. The van der Waals surface area contributed by atoms with Crippen LogP contribution in [0.2, 0.25) is 0 Å². The van der Waals surface area contributed by atoms with E-state index in [0.29, 0.717) is 11.2 Å². The second-order valence-electron chi connectivity index (χ2n) is 8.87. The summed E-state index contributed by atoms with van der Waals surface area (Å²) in [6.45, 7) is 4.12. The molecule has 1 aliphatic carbocycles. The van der Waals surface area contributed by atoms with Crippen LogP contribution in [0.15, 0.2) is 59.4 Å². The third-order valence-corrected chi connectivity index (χ3v) is 7.45. The third kappa shape index (κ3) is 4.11. The first-order chi connectivity index (χ1) is 16.0. The van der Waals surface area contributed by atoms with Gasteiger partial charge in [0.1, 0.15) is 17.2 Å². The highest BCUT2D eigenvalue weighted by atomic mass is 32.1. The van der Waals surface area contributed by atoms with E-state index < -0.39 is 0 Å². The van der Waals surface area contributed by atoms with Crippen molar-refractivity contribution in [1.82, 2.24) is 9.55 Å². The van der Waals surface area contributed by atoms with Crippen molar-refractivity contribution in [3.8, 4) is 11.4 Å². The van der Waals surface area contributed by atoms with Gasteiger partial charge in [-0.1, -0.05) is 62.4 Å². The number of nitrogens with one attached hydrogen (secondary N) is 1. The lowest BCUT2D eigenvalue weighted by Gasteiger charge is -2.16. The average molecular weight is 458 g/mol. The third-order valence-electron chi connectivity index (χ3n) is 6.27. The quantitative estimate of drug-likeness (QED) is 0.414. The molecule has 1 amide bonds. The largest absolute Gasteiger partial charge is 0.324 e. The van der Waals surface area contributed by atoms with Gasteiger partial charge in [0.15, 0.2) is 0 Å². The van der Waals surface area contributed by atoms with Gasteiger partial charge in [0.2, 0.25) is 5.91 Å². The summed E-state index contributed by atoms with van der Waals surface area (Å²) in [5.74, 6) is 0.589. The van der Waals surface area contributed by atoms with Crippen molar-refractivity contribution in [3.63, 3.8) is 0 Å². The number of anilines is 1. The fraction of sp³-hybridized carbons (Fsp3) is 0.296. The zero-order valence-corrected chi connectivity index (χ0v) is 19.7. The number of carbonyl (C=O) groups excluding carboxylic acids is 1. The average Bonchev–Trinajstić information content (AvgIpc) is 3.20. The molecule has 2 aromatic heterocycles. The molecule has 33 heavy (non-hydrogen) atoms. The van der Waals surface area contributed by atoms with E-state index in [0.717, 1.165) is 52.9 Å². The molecule has 4 aromatic rings. The molecule has 0 aliphatic heterocycles. The van der Waals surface area contributed by atoms with Crippen molar-refractivity contribution >= 4 is 33.1 Å². The zero-order valence-electron chi connectivity index (χ0n) is 18.9. The fourth-order valence-corrected chi connectivity index (χ4v) is 5.89. The first kappa shape index (κ1) is 21.6. The number of hydrogen-bond donors (Lipinski definition) is 1. The van der Waals surface area contributed by atoms with Crippen molar-refractivity contribution < 1.29 is 4.79 Å². The molecule has 2 aromatic carbocycles. The SMILES string of the molecule is CC(C)c1ccccc1NC(=O)Cn1c(-c2ccccc2)nc2sc3c(c2c1=O)CCCC3. The van der Waals surface area contributed by atoms with Crippen LogP contribution >= 0.6 is 11.3 Å². The fourth-order valence-electron chi connectivity index (χ4n) is 4.64. The number of nitrogens with zero attached hydrogens (tertiary/aromatic N) is 2. The van der Waals surface area contributed by atoms with Crippen LogP contribution in [0, 0.1) is 0 Å². The Bertz CT molecular complexity index is 1390. The Morgan fingerprint density at radius 2 is 1.79 bits per heavy atom. The van der Waals surface area contributed by atoms with Crippen LogP contribution in [0.4, 0.5) is 5.69 Å². The highest BCUT2D eigenvalue weighted by molar-refractivity contribution is 7.18.